The lowest BCUT2D eigenvalue weighted by atomic mass is 9.93. The Morgan fingerprint density at radius 3 is 2.24 bits per heavy atom. The number of anilines is 2. The van der Waals surface area contributed by atoms with Gasteiger partial charge in [0.25, 0.3) is 0 Å². The van der Waals surface area contributed by atoms with Crippen LogP contribution in [-0.2, 0) is 6.54 Å². The summed E-state index contributed by atoms with van der Waals surface area (Å²) in [5, 5.41) is 3.58. The largest absolute Gasteiger partial charge is 0.379 e. The molecule has 0 aliphatic carbocycles. The van der Waals surface area contributed by atoms with Crippen LogP contribution in [0.2, 0.25) is 0 Å². The SMILES string of the molecule is Cc1cccc(NCc2ccccn2)c1-c1c(C)cccc1N(C)C. The van der Waals surface area contributed by atoms with E-state index in [1.807, 2.05) is 24.4 Å². The number of hydrogen-bond acceptors (Lipinski definition) is 3. The fraction of sp³-hybridized carbons (Fsp3) is 0.227. The molecule has 0 saturated carbocycles. The summed E-state index contributed by atoms with van der Waals surface area (Å²) in [7, 11) is 4.19. The predicted octanol–water partition coefficient (Wildman–Crippen LogP) is 5.04. The fourth-order valence-corrected chi connectivity index (χ4v) is 3.19. The second-order valence-electron chi connectivity index (χ2n) is 6.54. The van der Waals surface area contributed by atoms with Crippen LogP contribution in [0.25, 0.3) is 11.1 Å². The quantitative estimate of drug-likeness (QED) is 0.709. The molecule has 1 N–H and O–H groups in total. The van der Waals surface area contributed by atoms with Crippen LogP contribution >= 0.6 is 0 Å². The van der Waals surface area contributed by atoms with Crippen molar-refractivity contribution in [2.75, 3.05) is 24.3 Å². The van der Waals surface area contributed by atoms with Gasteiger partial charge in [0.15, 0.2) is 0 Å². The number of aromatic nitrogens is 1. The number of aryl methyl sites for hydroxylation is 2. The van der Waals surface area contributed by atoms with Crippen LogP contribution in [-0.4, -0.2) is 19.1 Å². The van der Waals surface area contributed by atoms with Crippen LogP contribution in [0, 0.1) is 13.8 Å². The van der Waals surface area contributed by atoms with Gasteiger partial charge in [0, 0.05) is 42.8 Å². The van der Waals surface area contributed by atoms with Gasteiger partial charge in [-0.05, 0) is 49.2 Å². The standard InChI is InChI=1S/C22H25N3/c1-16-9-7-12-19(24-15-18-11-5-6-14-23-18)21(16)22-17(2)10-8-13-20(22)25(3)4/h5-14,24H,15H2,1-4H3. The van der Waals surface area contributed by atoms with Crippen molar-refractivity contribution in [1.82, 2.24) is 4.98 Å². The molecule has 0 saturated heterocycles. The van der Waals surface area contributed by atoms with Crippen molar-refractivity contribution in [3.63, 3.8) is 0 Å². The molecule has 25 heavy (non-hydrogen) atoms. The van der Waals surface area contributed by atoms with E-state index in [1.54, 1.807) is 0 Å². The number of nitrogens with one attached hydrogen (secondary N) is 1. The molecule has 0 amide bonds. The molecular formula is C22H25N3. The Hall–Kier alpha value is -2.81. The zero-order valence-electron chi connectivity index (χ0n) is 15.4. The Morgan fingerprint density at radius 2 is 1.56 bits per heavy atom. The zero-order chi connectivity index (χ0) is 17.8. The van der Waals surface area contributed by atoms with Gasteiger partial charge in [-0.1, -0.05) is 30.3 Å². The summed E-state index contributed by atoms with van der Waals surface area (Å²) in [6, 6.07) is 18.9. The Morgan fingerprint density at radius 1 is 0.840 bits per heavy atom. The normalized spacial score (nSPS) is 10.6. The lowest BCUT2D eigenvalue weighted by Crippen LogP contribution is -2.11. The first-order valence-corrected chi connectivity index (χ1v) is 8.58. The molecule has 1 heterocycles. The van der Waals surface area contributed by atoms with Gasteiger partial charge >= 0.3 is 0 Å². The molecule has 0 fully saturated rings. The van der Waals surface area contributed by atoms with Crippen molar-refractivity contribution in [2.45, 2.75) is 20.4 Å². The summed E-state index contributed by atoms with van der Waals surface area (Å²) in [6.45, 7) is 5.06. The number of benzene rings is 2. The summed E-state index contributed by atoms with van der Waals surface area (Å²) in [5.41, 5.74) is 8.50. The van der Waals surface area contributed by atoms with Gasteiger partial charge in [0.2, 0.25) is 0 Å². The molecule has 0 bridgehead atoms. The second kappa shape index (κ2) is 7.39. The van der Waals surface area contributed by atoms with Crippen molar-refractivity contribution >= 4 is 11.4 Å². The molecular weight excluding hydrogens is 306 g/mol. The molecule has 3 aromatic rings. The van der Waals surface area contributed by atoms with E-state index in [0.29, 0.717) is 6.54 Å². The van der Waals surface area contributed by atoms with Gasteiger partial charge in [0.05, 0.1) is 12.2 Å². The molecule has 0 aliphatic rings. The minimum Gasteiger partial charge on any atom is -0.379 e. The molecule has 0 spiro atoms. The Balaban J connectivity index is 2.06. The average Bonchev–Trinajstić information content (AvgIpc) is 2.61. The number of nitrogens with zero attached hydrogens (tertiary/aromatic N) is 2. The highest BCUT2D eigenvalue weighted by Crippen LogP contribution is 2.39. The molecule has 0 atom stereocenters. The van der Waals surface area contributed by atoms with Crippen LogP contribution in [0.5, 0.6) is 0 Å². The third-order valence-electron chi connectivity index (χ3n) is 4.44. The van der Waals surface area contributed by atoms with Crippen molar-refractivity contribution in [1.29, 1.82) is 0 Å². The van der Waals surface area contributed by atoms with E-state index in [2.05, 4.69) is 79.5 Å². The topological polar surface area (TPSA) is 28.2 Å². The Kier molecular flexibility index (Phi) is 5.03. The average molecular weight is 331 g/mol. The lowest BCUT2D eigenvalue weighted by Gasteiger charge is -2.23. The van der Waals surface area contributed by atoms with Crippen molar-refractivity contribution in [3.05, 3.63) is 77.6 Å². The molecule has 2 aromatic carbocycles. The summed E-state index contributed by atoms with van der Waals surface area (Å²) < 4.78 is 0. The maximum absolute atomic E-state index is 4.41. The van der Waals surface area contributed by atoms with Gasteiger partial charge in [0.1, 0.15) is 0 Å². The smallest absolute Gasteiger partial charge is 0.0594 e. The molecule has 0 unspecified atom stereocenters. The summed E-state index contributed by atoms with van der Waals surface area (Å²) >= 11 is 0. The third kappa shape index (κ3) is 3.66. The second-order valence-corrected chi connectivity index (χ2v) is 6.54. The molecule has 3 rings (SSSR count). The van der Waals surface area contributed by atoms with E-state index in [0.717, 1.165) is 11.4 Å². The van der Waals surface area contributed by atoms with Crippen LogP contribution in [0.15, 0.2) is 60.8 Å². The van der Waals surface area contributed by atoms with Gasteiger partial charge in [-0.25, -0.2) is 0 Å². The third-order valence-corrected chi connectivity index (χ3v) is 4.44. The van der Waals surface area contributed by atoms with E-state index < -0.39 is 0 Å². The maximum Gasteiger partial charge on any atom is 0.0594 e. The number of pyridine rings is 1. The van der Waals surface area contributed by atoms with E-state index in [-0.39, 0.29) is 0 Å². The van der Waals surface area contributed by atoms with Crippen molar-refractivity contribution in [2.24, 2.45) is 0 Å². The van der Waals surface area contributed by atoms with Crippen LogP contribution < -0.4 is 10.2 Å². The first-order chi connectivity index (χ1) is 12.1. The van der Waals surface area contributed by atoms with Crippen LogP contribution in [0.3, 0.4) is 0 Å². The van der Waals surface area contributed by atoms with Gasteiger partial charge in [-0.3, -0.25) is 4.98 Å². The Bertz CT molecular complexity index is 854. The van der Waals surface area contributed by atoms with Gasteiger partial charge in [-0.2, -0.15) is 0 Å². The summed E-state index contributed by atoms with van der Waals surface area (Å²) in [6.07, 6.45) is 1.83. The fourth-order valence-electron chi connectivity index (χ4n) is 3.19. The molecule has 128 valence electrons. The van der Waals surface area contributed by atoms with Crippen LogP contribution in [0.4, 0.5) is 11.4 Å². The highest BCUT2D eigenvalue weighted by Gasteiger charge is 2.15. The minimum absolute atomic E-state index is 0.709. The molecule has 3 nitrogen and oxygen atoms in total. The highest BCUT2D eigenvalue weighted by atomic mass is 15.1. The van der Waals surface area contributed by atoms with E-state index >= 15 is 0 Å². The van der Waals surface area contributed by atoms with Crippen molar-refractivity contribution in [3.8, 4) is 11.1 Å². The number of rotatable bonds is 5. The zero-order valence-corrected chi connectivity index (χ0v) is 15.4. The molecule has 3 heteroatoms. The number of hydrogen-bond donors (Lipinski definition) is 1. The van der Waals surface area contributed by atoms with Gasteiger partial charge < -0.3 is 10.2 Å². The van der Waals surface area contributed by atoms with E-state index in [4.69, 9.17) is 0 Å². The summed E-state index contributed by atoms with van der Waals surface area (Å²) in [5.74, 6) is 0. The minimum atomic E-state index is 0.709. The lowest BCUT2D eigenvalue weighted by molar-refractivity contribution is 1.04. The first-order valence-electron chi connectivity index (χ1n) is 8.58. The van der Waals surface area contributed by atoms with Gasteiger partial charge in [-0.15, -0.1) is 0 Å². The van der Waals surface area contributed by atoms with Crippen LogP contribution in [0.1, 0.15) is 16.8 Å². The predicted molar refractivity (Wildman–Crippen MR) is 107 cm³/mol. The van der Waals surface area contributed by atoms with Crippen molar-refractivity contribution < 1.29 is 0 Å². The van der Waals surface area contributed by atoms with E-state index in [9.17, 15) is 0 Å². The monoisotopic (exact) mass is 331 g/mol. The Labute approximate surface area is 150 Å². The first kappa shape index (κ1) is 17.0. The van der Waals surface area contributed by atoms with E-state index in [1.165, 1.54) is 27.9 Å². The molecule has 0 radical (unpaired) electrons. The highest BCUT2D eigenvalue weighted by molar-refractivity contribution is 5.90. The molecule has 1 aromatic heterocycles. The summed E-state index contributed by atoms with van der Waals surface area (Å²) in [4.78, 5) is 6.59. The molecule has 0 aliphatic heterocycles. The maximum atomic E-state index is 4.41.